The highest BCUT2D eigenvalue weighted by atomic mass is 32.1. The quantitative estimate of drug-likeness (QED) is 0.225. The van der Waals surface area contributed by atoms with Crippen LogP contribution in [0.25, 0.3) is 20.8 Å². The van der Waals surface area contributed by atoms with Gasteiger partial charge in [-0.2, -0.15) is 4.98 Å². The third kappa shape index (κ3) is 4.54. The van der Waals surface area contributed by atoms with Gasteiger partial charge in [-0.05, 0) is 45.6 Å². The fourth-order valence-corrected chi connectivity index (χ4v) is 6.74. The Kier molecular flexibility index (Phi) is 6.86. The number of fused-ring (bicyclic) bond motifs is 1. The Morgan fingerprint density at radius 2 is 1.89 bits per heavy atom. The molecule has 0 radical (unpaired) electrons. The predicted molar refractivity (Wildman–Crippen MR) is 139 cm³/mol. The lowest BCUT2D eigenvalue weighted by molar-refractivity contribution is -0.103. The minimum absolute atomic E-state index is 0.291. The number of methoxy groups -OCH3 is 1. The minimum Gasteiger partial charge on any atom is -0.389 e. The number of aliphatic hydroxyl groups is 3. The van der Waals surface area contributed by atoms with Crippen molar-refractivity contribution in [3.05, 3.63) is 23.7 Å². The molecule has 0 spiro atoms. The van der Waals surface area contributed by atoms with Gasteiger partial charge in [-0.15, -0.1) is 11.3 Å². The molecule has 10 nitrogen and oxygen atoms in total. The molecule has 36 heavy (non-hydrogen) atoms. The van der Waals surface area contributed by atoms with Crippen LogP contribution < -0.4 is 10.6 Å². The van der Waals surface area contributed by atoms with E-state index in [0.717, 1.165) is 28.8 Å². The second kappa shape index (κ2) is 9.79. The van der Waals surface area contributed by atoms with Crippen molar-refractivity contribution < 1.29 is 20.1 Å². The van der Waals surface area contributed by atoms with Gasteiger partial charge in [0.15, 0.2) is 5.72 Å². The average Bonchev–Trinajstić information content (AvgIpc) is 3.53. The summed E-state index contributed by atoms with van der Waals surface area (Å²) >= 11 is 1.50. The molecule has 5 N–H and O–H groups in total. The summed E-state index contributed by atoms with van der Waals surface area (Å²) in [5, 5.41) is 41.0. The number of hydrogen-bond acceptors (Lipinski definition) is 11. The van der Waals surface area contributed by atoms with E-state index in [-0.39, 0.29) is 0 Å². The van der Waals surface area contributed by atoms with Crippen molar-refractivity contribution in [2.24, 2.45) is 5.92 Å². The first-order valence-corrected chi connectivity index (χ1v) is 13.3. The minimum atomic E-state index is -1.64. The normalized spacial score (nSPS) is 25.5. The van der Waals surface area contributed by atoms with Gasteiger partial charge in [0, 0.05) is 25.8 Å². The third-order valence-corrected chi connectivity index (χ3v) is 8.62. The van der Waals surface area contributed by atoms with Gasteiger partial charge in [-0.25, -0.2) is 9.97 Å². The highest BCUT2D eigenvalue weighted by molar-refractivity contribution is 7.21. The zero-order chi connectivity index (χ0) is 25.5. The van der Waals surface area contributed by atoms with E-state index < -0.39 is 23.3 Å². The van der Waals surface area contributed by atoms with E-state index in [1.807, 2.05) is 19.9 Å². The Balaban J connectivity index is 1.53. The number of thiazole rings is 1. The lowest BCUT2D eigenvalue weighted by Crippen LogP contribution is -2.52. The number of ether oxygens (including phenoxy) is 1. The molecule has 3 aromatic rings. The SMILES string of the molecule is COCCNc1nc(C)c(-c2nc3c(C)nccc3s2)c(NC2(O)CCC(C3(O)CCCC3)C2O)n1. The number of pyridine rings is 1. The van der Waals surface area contributed by atoms with Crippen molar-refractivity contribution in [2.45, 2.75) is 69.8 Å². The summed E-state index contributed by atoms with van der Waals surface area (Å²) in [7, 11) is 1.62. The number of nitrogens with one attached hydrogen (secondary N) is 2. The first-order chi connectivity index (χ1) is 17.2. The van der Waals surface area contributed by atoms with Crippen LogP contribution in [0.5, 0.6) is 0 Å². The van der Waals surface area contributed by atoms with Gasteiger partial charge in [0.05, 0.1) is 33.9 Å². The summed E-state index contributed by atoms with van der Waals surface area (Å²) in [5.74, 6) is 0.365. The lowest BCUT2D eigenvalue weighted by atomic mass is 9.82. The van der Waals surface area contributed by atoms with E-state index in [0.29, 0.717) is 66.9 Å². The molecule has 2 saturated carbocycles. The molecule has 2 aliphatic carbocycles. The maximum Gasteiger partial charge on any atom is 0.224 e. The number of aromatic nitrogens is 4. The molecule has 2 aliphatic rings. The molecular weight excluding hydrogens is 480 g/mol. The standard InChI is InChI=1S/C25H34N6O4S/c1-14-18(22-29-19-15(2)26-11-7-17(19)36-22)21(30-23(28-14)27-12-13-35-3)31-25(34)10-6-16(20(25)32)24(33)8-4-5-9-24/h7,11,16,20,32-34H,4-6,8-10,12-13H2,1-3H3,(H2,27,28,30,31). The molecule has 194 valence electrons. The van der Waals surface area contributed by atoms with Crippen LogP contribution in [0.4, 0.5) is 11.8 Å². The molecule has 0 aromatic carbocycles. The van der Waals surface area contributed by atoms with Gasteiger partial charge < -0.3 is 30.7 Å². The van der Waals surface area contributed by atoms with Crippen molar-refractivity contribution in [3.63, 3.8) is 0 Å². The second-order valence-corrected chi connectivity index (χ2v) is 11.0. The first kappa shape index (κ1) is 25.2. The number of hydrogen-bond donors (Lipinski definition) is 5. The zero-order valence-electron chi connectivity index (χ0n) is 20.9. The molecule has 3 aromatic heterocycles. The van der Waals surface area contributed by atoms with Crippen LogP contribution >= 0.6 is 11.3 Å². The molecule has 2 fully saturated rings. The topological polar surface area (TPSA) is 146 Å². The van der Waals surface area contributed by atoms with Gasteiger partial charge in [-0.1, -0.05) is 12.8 Å². The van der Waals surface area contributed by atoms with Crippen molar-refractivity contribution in [1.82, 2.24) is 19.9 Å². The van der Waals surface area contributed by atoms with Crippen LogP contribution in [0, 0.1) is 19.8 Å². The average molecular weight is 515 g/mol. The van der Waals surface area contributed by atoms with Crippen LogP contribution in [0.3, 0.4) is 0 Å². The van der Waals surface area contributed by atoms with Gasteiger partial charge in [0.25, 0.3) is 0 Å². The summed E-state index contributed by atoms with van der Waals surface area (Å²) < 4.78 is 6.12. The van der Waals surface area contributed by atoms with Crippen molar-refractivity contribution >= 4 is 33.3 Å². The van der Waals surface area contributed by atoms with E-state index in [2.05, 4.69) is 25.6 Å². The molecule has 3 unspecified atom stereocenters. The van der Waals surface area contributed by atoms with Crippen LogP contribution in [0.15, 0.2) is 12.3 Å². The number of rotatable bonds is 8. The Morgan fingerprint density at radius 3 is 2.61 bits per heavy atom. The molecule has 5 rings (SSSR count). The van der Waals surface area contributed by atoms with Crippen LogP contribution in [0.1, 0.15) is 49.9 Å². The summed E-state index contributed by atoms with van der Waals surface area (Å²) in [5.41, 5.74) is 0.402. The Hall–Kier alpha value is -2.44. The van der Waals surface area contributed by atoms with E-state index in [1.165, 1.54) is 11.3 Å². The Bertz CT molecular complexity index is 1250. The number of nitrogens with zero attached hydrogens (tertiary/aromatic N) is 4. The molecule has 0 saturated heterocycles. The maximum absolute atomic E-state index is 11.6. The van der Waals surface area contributed by atoms with E-state index >= 15 is 0 Å². The number of aryl methyl sites for hydroxylation is 2. The third-order valence-electron chi connectivity index (χ3n) is 7.58. The molecule has 3 atom stereocenters. The van der Waals surface area contributed by atoms with Gasteiger partial charge in [-0.3, -0.25) is 4.98 Å². The van der Waals surface area contributed by atoms with Crippen molar-refractivity contribution in [2.75, 3.05) is 30.9 Å². The van der Waals surface area contributed by atoms with E-state index in [9.17, 15) is 15.3 Å². The first-order valence-electron chi connectivity index (χ1n) is 12.5. The molecule has 0 aliphatic heterocycles. The monoisotopic (exact) mass is 514 g/mol. The summed E-state index contributed by atoms with van der Waals surface area (Å²) in [6, 6.07) is 1.93. The highest BCUT2D eigenvalue weighted by Gasteiger charge is 2.55. The summed E-state index contributed by atoms with van der Waals surface area (Å²) in [4.78, 5) is 18.5. The van der Waals surface area contributed by atoms with Gasteiger partial charge in [0.2, 0.25) is 5.95 Å². The highest BCUT2D eigenvalue weighted by Crippen LogP contribution is 2.48. The van der Waals surface area contributed by atoms with E-state index in [4.69, 9.17) is 9.72 Å². The molecule has 0 bridgehead atoms. The smallest absolute Gasteiger partial charge is 0.224 e. The maximum atomic E-state index is 11.6. The fraction of sp³-hybridized carbons (Fsp3) is 0.600. The van der Waals surface area contributed by atoms with Gasteiger partial charge >= 0.3 is 0 Å². The van der Waals surface area contributed by atoms with Crippen LogP contribution in [0.2, 0.25) is 0 Å². The van der Waals surface area contributed by atoms with E-state index in [1.54, 1.807) is 13.3 Å². The number of aliphatic hydroxyl groups excluding tert-OH is 1. The summed E-state index contributed by atoms with van der Waals surface area (Å²) in [6.07, 6.45) is 4.59. The van der Waals surface area contributed by atoms with Crippen molar-refractivity contribution in [3.8, 4) is 10.6 Å². The molecular formula is C25H34N6O4S. The molecule has 3 heterocycles. The molecule has 11 heteroatoms. The number of anilines is 2. The van der Waals surface area contributed by atoms with Gasteiger partial charge in [0.1, 0.15) is 22.4 Å². The predicted octanol–water partition coefficient (Wildman–Crippen LogP) is 3.00. The fourth-order valence-electron chi connectivity index (χ4n) is 5.63. The largest absolute Gasteiger partial charge is 0.389 e. The van der Waals surface area contributed by atoms with Crippen LogP contribution in [-0.4, -0.2) is 72.9 Å². The Morgan fingerprint density at radius 1 is 1.11 bits per heavy atom. The Labute approximate surface area is 214 Å². The zero-order valence-corrected chi connectivity index (χ0v) is 21.7. The second-order valence-electron chi connectivity index (χ2n) is 9.99. The van der Waals surface area contributed by atoms with Crippen LogP contribution in [-0.2, 0) is 4.74 Å². The lowest BCUT2D eigenvalue weighted by Gasteiger charge is -2.36. The summed E-state index contributed by atoms with van der Waals surface area (Å²) in [6.45, 7) is 4.80. The van der Waals surface area contributed by atoms with Crippen molar-refractivity contribution in [1.29, 1.82) is 0 Å². The molecule has 0 amide bonds.